The Morgan fingerprint density at radius 2 is 1.83 bits per heavy atom. The van der Waals surface area contributed by atoms with Gasteiger partial charge in [0.1, 0.15) is 5.75 Å². The minimum atomic E-state index is -0.237. The van der Waals surface area contributed by atoms with Gasteiger partial charge in [-0.25, -0.2) is 4.99 Å². The number of hydrogen-bond acceptors (Lipinski definition) is 4. The van der Waals surface area contributed by atoms with Crippen LogP contribution in [0.4, 0.5) is 5.69 Å². The molecule has 0 aliphatic heterocycles. The Morgan fingerprint density at radius 1 is 1.03 bits per heavy atom. The summed E-state index contributed by atoms with van der Waals surface area (Å²) in [6, 6.07) is 18.8. The van der Waals surface area contributed by atoms with E-state index in [2.05, 4.69) is 20.6 Å². The van der Waals surface area contributed by atoms with E-state index in [0.717, 1.165) is 22.5 Å². The largest absolute Gasteiger partial charge is 0.492 e. The van der Waals surface area contributed by atoms with Crippen LogP contribution in [0.1, 0.15) is 34.1 Å². The van der Waals surface area contributed by atoms with Crippen molar-refractivity contribution in [1.29, 1.82) is 0 Å². The normalized spacial score (nSPS) is 11.1. The summed E-state index contributed by atoms with van der Waals surface area (Å²) in [6.45, 7) is 6.79. The molecule has 6 nitrogen and oxygen atoms in total. The van der Waals surface area contributed by atoms with E-state index in [1.54, 1.807) is 6.20 Å². The number of pyridine rings is 1. The van der Waals surface area contributed by atoms with Crippen LogP contribution in [0, 0.1) is 13.8 Å². The maximum Gasteiger partial charge on any atom is 0.257 e. The number of nitrogens with one attached hydrogen (secondary N) is 2. The molecular formula is C24H26N4O2. The van der Waals surface area contributed by atoms with Gasteiger partial charge in [0, 0.05) is 11.8 Å². The molecule has 30 heavy (non-hydrogen) atoms. The van der Waals surface area contributed by atoms with Crippen LogP contribution in [-0.2, 0) is 6.54 Å². The zero-order valence-electron chi connectivity index (χ0n) is 17.5. The average molecular weight is 402 g/mol. The summed E-state index contributed by atoms with van der Waals surface area (Å²) >= 11 is 0. The van der Waals surface area contributed by atoms with Crippen molar-refractivity contribution in [3.05, 3.63) is 89.2 Å². The number of carbonyl (C=O) groups excluding carboxylic acids is 1. The molecule has 0 spiro atoms. The number of rotatable bonds is 6. The minimum absolute atomic E-state index is 0.237. The highest BCUT2D eigenvalue weighted by Crippen LogP contribution is 2.23. The van der Waals surface area contributed by atoms with Gasteiger partial charge in [0.05, 0.1) is 24.5 Å². The molecule has 2 aromatic carbocycles. The van der Waals surface area contributed by atoms with Gasteiger partial charge in [-0.1, -0.05) is 24.3 Å². The van der Waals surface area contributed by atoms with Gasteiger partial charge < -0.3 is 10.1 Å². The minimum Gasteiger partial charge on any atom is -0.492 e. The van der Waals surface area contributed by atoms with Crippen LogP contribution in [-0.4, -0.2) is 23.5 Å². The summed E-state index contributed by atoms with van der Waals surface area (Å²) in [5.41, 5.74) is 4.29. The number of aromatic nitrogens is 1. The first-order valence-electron chi connectivity index (χ1n) is 9.88. The molecule has 1 aromatic heterocycles. The maximum atomic E-state index is 12.9. The van der Waals surface area contributed by atoms with Crippen LogP contribution in [0.3, 0.4) is 0 Å². The number of anilines is 1. The number of aryl methyl sites for hydroxylation is 2. The second-order valence-corrected chi connectivity index (χ2v) is 6.79. The third kappa shape index (κ3) is 5.67. The lowest BCUT2D eigenvalue weighted by atomic mass is 10.1. The van der Waals surface area contributed by atoms with Crippen molar-refractivity contribution in [2.45, 2.75) is 27.3 Å². The smallest absolute Gasteiger partial charge is 0.257 e. The monoisotopic (exact) mass is 402 g/mol. The fourth-order valence-corrected chi connectivity index (χ4v) is 2.80. The van der Waals surface area contributed by atoms with Crippen LogP contribution in [0.15, 0.2) is 71.9 Å². The van der Waals surface area contributed by atoms with Gasteiger partial charge in [-0.2, -0.15) is 0 Å². The van der Waals surface area contributed by atoms with Crippen LogP contribution < -0.4 is 15.4 Å². The Hall–Kier alpha value is -3.67. The predicted octanol–water partition coefficient (Wildman–Crippen LogP) is 4.50. The van der Waals surface area contributed by atoms with Gasteiger partial charge >= 0.3 is 0 Å². The van der Waals surface area contributed by atoms with Gasteiger partial charge in [0.2, 0.25) is 5.96 Å². The molecule has 0 saturated heterocycles. The number of carbonyl (C=O) groups is 1. The van der Waals surface area contributed by atoms with E-state index in [-0.39, 0.29) is 5.91 Å². The quantitative estimate of drug-likeness (QED) is 0.470. The molecule has 1 amide bonds. The number of para-hydroxylation sites is 2. The molecule has 3 rings (SSSR count). The molecule has 0 aliphatic rings. The third-order valence-electron chi connectivity index (χ3n) is 4.57. The summed E-state index contributed by atoms with van der Waals surface area (Å²) in [5.74, 6) is 0.779. The van der Waals surface area contributed by atoms with Crippen molar-refractivity contribution in [3.63, 3.8) is 0 Å². The number of benzene rings is 2. The fraction of sp³-hybridized carbons (Fsp3) is 0.208. The summed E-state index contributed by atoms with van der Waals surface area (Å²) in [4.78, 5) is 21.7. The number of guanidine groups is 1. The van der Waals surface area contributed by atoms with E-state index in [0.29, 0.717) is 30.4 Å². The van der Waals surface area contributed by atoms with Gasteiger partial charge in [-0.3, -0.25) is 15.1 Å². The van der Waals surface area contributed by atoms with Crippen LogP contribution in [0.5, 0.6) is 5.75 Å². The first-order chi connectivity index (χ1) is 14.6. The summed E-state index contributed by atoms with van der Waals surface area (Å²) in [6.07, 6.45) is 1.72. The zero-order chi connectivity index (χ0) is 21.3. The summed E-state index contributed by atoms with van der Waals surface area (Å²) in [5, 5.41) is 6.08. The molecule has 0 unspecified atom stereocenters. The van der Waals surface area contributed by atoms with E-state index < -0.39 is 0 Å². The highest BCUT2D eigenvalue weighted by molar-refractivity contribution is 6.10. The Kier molecular flexibility index (Phi) is 7.16. The molecule has 0 fully saturated rings. The maximum absolute atomic E-state index is 12.9. The van der Waals surface area contributed by atoms with Crippen molar-refractivity contribution in [2.75, 3.05) is 11.9 Å². The second-order valence-electron chi connectivity index (χ2n) is 6.79. The molecule has 0 bridgehead atoms. The van der Waals surface area contributed by atoms with Crippen LogP contribution >= 0.6 is 0 Å². The lowest BCUT2D eigenvalue weighted by molar-refractivity contribution is 0.0976. The predicted molar refractivity (Wildman–Crippen MR) is 120 cm³/mol. The zero-order valence-corrected chi connectivity index (χ0v) is 17.5. The lowest BCUT2D eigenvalue weighted by Crippen LogP contribution is -2.36. The van der Waals surface area contributed by atoms with Crippen molar-refractivity contribution in [2.24, 2.45) is 4.99 Å². The summed E-state index contributed by atoms with van der Waals surface area (Å²) in [7, 11) is 0. The van der Waals surface area contributed by atoms with Crippen molar-refractivity contribution >= 4 is 17.6 Å². The molecular weight excluding hydrogens is 376 g/mol. The van der Waals surface area contributed by atoms with Crippen LogP contribution in [0.2, 0.25) is 0 Å². The molecule has 0 saturated carbocycles. The van der Waals surface area contributed by atoms with Crippen LogP contribution in [0.25, 0.3) is 0 Å². The molecule has 2 N–H and O–H groups in total. The van der Waals surface area contributed by atoms with E-state index in [1.807, 2.05) is 81.4 Å². The van der Waals surface area contributed by atoms with E-state index in [1.165, 1.54) is 0 Å². The summed E-state index contributed by atoms with van der Waals surface area (Å²) < 4.78 is 5.68. The third-order valence-corrected chi connectivity index (χ3v) is 4.57. The van der Waals surface area contributed by atoms with Gasteiger partial charge in [0.15, 0.2) is 0 Å². The molecule has 0 radical (unpaired) electrons. The highest BCUT2D eigenvalue weighted by atomic mass is 16.5. The number of ether oxygens (including phenoxy) is 1. The number of hydrogen-bond donors (Lipinski definition) is 2. The van der Waals surface area contributed by atoms with Gasteiger partial charge in [0.25, 0.3) is 5.91 Å². The fourth-order valence-electron chi connectivity index (χ4n) is 2.80. The molecule has 1 heterocycles. The highest BCUT2D eigenvalue weighted by Gasteiger charge is 2.12. The molecule has 0 atom stereocenters. The topological polar surface area (TPSA) is 75.6 Å². The Balaban J connectivity index is 1.85. The molecule has 154 valence electrons. The van der Waals surface area contributed by atoms with Crippen molar-refractivity contribution < 1.29 is 9.53 Å². The molecule has 3 aromatic rings. The lowest BCUT2D eigenvalue weighted by Gasteiger charge is -2.15. The van der Waals surface area contributed by atoms with Gasteiger partial charge in [-0.15, -0.1) is 0 Å². The first kappa shape index (κ1) is 21.0. The first-order valence-corrected chi connectivity index (χ1v) is 9.88. The van der Waals surface area contributed by atoms with Gasteiger partial charge in [-0.05, 0) is 68.3 Å². The Labute approximate surface area is 177 Å². The van der Waals surface area contributed by atoms with E-state index >= 15 is 0 Å². The molecule has 6 heteroatoms. The van der Waals surface area contributed by atoms with E-state index in [9.17, 15) is 4.79 Å². The standard InChI is InChI=1S/C24H26N4O2/c1-4-30-22-11-6-5-10-21(22)27-24(26-16-20-9-7-8-14-25-20)28-23(29)19-13-12-17(2)18(3)15-19/h5-15H,4,16H2,1-3H3,(H2,26,27,28,29). The van der Waals surface area contributed by atoms with Crippen molar-refractivity contribution in [3.8, 4) is 5.75 Å². The Morgan fingerprint density at radius 3 is 2.57 bits per heavy atom. The van der Waals surface area contributed by atoms with E-state index in [4.69, 9.17) is 4.74 Å². The number of nitrogens with zero attached hydrogens (tertiary/aromatic N) is 2. The van der Waals surface area contributed by atoms with Crippen molar-refractivity contribution in [1.82, 2.24) is 10.3 Å². The second kappa shape index (κ2) is 10.2. The number of aliphatic imine (C=N–C) groups is 1. The average Bonchev–Trinajstić information content (AvgIpc) is 2.76. The number of amides is 1. The molecule has 0 aliphatic carbocycles. The SMILES string of the molecule is CCOc1ccccc1NC(=NCc1ccccn1)NC(=O)c1ccc(C)c(C)c1. The Bertz CT molecular complexity index is 1030.